The Hall–Kier alpha value is -4.72. The van der Waals surface area contributed by atoms with Gasteiger partial charge in [0.25, 0.3) is 17.7 Å². The molecule has 3 aromatic heterocycles. The first-order chi connectivity index (χ1) is 23.7. The fourth-order valence-electron chi connectivity index (χ4n) is 7.57. The van der Waals surface area contributed by atoms with Crippen LogP contribution in [0.4, 0.5) is 10.2 Å². The van der Waals surface area contributed by atoms with Crippen LogP contribution in [0.3, 0.4) is 0 Å². The Bertz CT molecular complexity index is 1810. The standard InChI is InChI=1S/C35H43FN10O3/c1-4-45(24(2)3)34(48)27-18-26(36)6-7-29(27)49-32-31(38-23-39-41-32)44-21-35(22-44)10-16-42(17-11-35)20-25-8-14-43(15-9-25)33(47)28-19-40-46-13-5-12-37-30(28)46/h5-7,12-13,18-19,23-25H,4,8-11,14-17,20-22H2,1-3H3. The summed E-state index contributed by atoms with van der Waals surface area (Å²) in [4.78, 5) is 43.7. The number of fused-ring (bicyclic) bond motifs is 1. The van der Waals surface area contributed by atoms with Gasteiger partial charge in [0.2, 0.25) is 0 Å². The maximum absolute atomic E-state index is 14.3. The summed E-state index contributed by atoms with van der Waals surface area (Å²) in [5, 5.41) is 12.4. The first-order valence-corrected chi connectivity index (χ1v) is 17.2. The molecule has 1 spiro atoms. The van der Waals surface area contributed by atoms with Crippen molar-refractivity contribution >= 4 is 23.3 Å². The number of amides is 2. The second kappa shape index (κ2) is 13.7. The van der Waals surface area contributed by atoms with Crippen molar-refractivity contribution in [2.24, 2.45) is 11.3 Å². The minimum absolute atomic E-state index is 0.00917. The Morgan fingerprint density at radius 2 is 1.86 bits per heavy atom. The number of rotatable bonds is 9. The molecule has 4 aromatic rings. The molecule has 0 saturated carbocycles. The average Bonchev–Trinajstić information content (AvgIpc) is 3.53. The monoisotopic (exact) mass is 670 g/mol. The van der Waals surface area contributed by atoms with E-state index in [4.69, 9.17) is 4.74 Å². The molecule has 3 aliphatic rings. The summed E-state index contributed by atoms with van der Waals surface area (Å²) in [7, 11) is 0. The van der Waals surface area contributed by atoms with E-state index in [9.17, 15) is 14.0 Å². The van der Waals surface area contributed by atoms with E-state index >= 15 is 0 Å². The van der Waals surface area contributed by atoms with Gasteiger partial charge in [0, 0.05) is 63.1 Å². The summed E-state index contributed by atoms with van der Waals surface area (Å²) in [5.74, 6) is 0.754. The zero-order valence-electron chi connectivity index (χ0n) is 28.3. The number of halogens is 1. The van der Waals surface area contributed by atoms with Crippen LogP contribution in [0.2, 0.25) is 0 Å². The average molecular weight is 671 g/mol. The van der Waals surface area contributed by atoms with Crippen LogP contribution in [-0.2, 0) is 0 Å². The number of carbonyl (C=O) groups excluding carboxylic acids is 2. The zero-order valence-corrected chi connectivity index (χ0v) is 28.3. The third kappa shape index (κ3) is 6.65. The van der Waals surface area contributed by atoms with Crippen molar-refractivity contribution in [3.8, 4) is 11.6 Å². The van der Waals surface area contributed by atoms with Crippen molar-refractivity contribution in [1.29, 1.82) is 0 Å². The second-order valence-electron chi connectivity index (χ2n) is 13.9. The number of ether oxygens (including phenoxy) is 1. The summed E-state index contributed by atoms with van der Waals surface area (Å²) in [6.45, 7) is 12.5. The number of nitrogens with zero attached hydrogens (tertiary/aromatic N) is 10. The van der Waals surface area contributed by atoms with Crippen LogP contribution in [0, 0.1) is 17.2 Å². The van der Waals surface area contributed by atoms with E-state index in [2.05, 4.69) is 35.1 Å². The van der Waals surface area contributed by atoms with E-state index in [-0.39, 0.29) is 40.5 Å². The fourth-order valence-corrected chi connectivity index (χ4v) is 7.57. The van der Waals surface area contributed by atoms with Crippen LogP contribution in [0.5, 0.6) is 11.6 Å². The predicted octanol–water partition coefficient (Wildman–Crippen LogP) is 4.17. The van der Waals surface area contributed by atoms with Crippen LogP contribution in [0.1, 0.15) is 67.2 Å². The van der Waals surface area contributed by atoms with Gasteiger partial charge in [0.1, 0.15) is 23.5 Å². The molecular weight excluding hydrogens is 627 g/mol. The fraction of sp³-hybridized carbons (Fsp3) is 0.514. The minimum atomic E-state index is -0.512. The van der Waals surface area contributed by atoms with Crippen LogP contribution >= 0.6 is 0 Å². The molecule has 6 heterocycles. The molecule has 3 fully saturated rings. The molecule has 3 aliphatic heterocycles. The Morgan fingerprint density at radius 1 is 1.08 bits per heavy atom. The first-order valence-electron chi connectivity index (χ1n) is 17.2. The number of piperidine rings is 2. The molecular formula is C35H43FN10O3. The van der Waals surface area contributed by atoms with Gasteiger partial charge in [-0.1, -0.05) is 0 Å². The van der Waals surface area contributed by atoms with Gasteiger partial charge in [0.15, 0.2) is 11.5 Å². The van der Waals surface area contributed by atoms with Gasteiger partial charge in [0.05, 0.1) is 11.8 Å². The van der Waals surface area contributed by atoms with Crippen molar-refractivity contribution in [3.63, 3.8) is 0 Å². The third-order valence-corrected chi connectivity index (χ3v) is 10.4. The highest BCUT2D eigenvalue weighted by molar-refractivity contribution is 5.99. The first kappa shape index (κ1) is 32.8. The highest BCUT2D eigenvalue weighted by atomic mass is 19.1. The molecule has 3 saturated heterocycles. The lowest BCUT2D eigenvalue weighted by atomic mass is 9.72. The Kier molecular flexibility index (Phi) is 9.14. The maximum atomic E-state index is 14.3. The third-order valence-electron chi connectivity index (χ3n) is 10.4. The topological polar surface area (TPSA) is 125 Å². The SMILES string of the molecule is CCN(C(=O)c1cc(F)ccc1Oc1nncnc1N1CC2(CCN(CC3CCN(C(=O)c4cnn5cccnc45)CC3)CC2)C1)C(C)C. The van der Waals surface area contributed by atoms with Crippen LogP contribution in [0.25, 0.3) is 5.65 Å². The molecule has 0 bridgehead atoms. The number of aromatic nitrogens is 6. The minimum Gasteiger partial charge on any atom is -0.434 e. The number of hydrogen-bond acceptors (Lipinski definition) is 10. The number of hydrogen-bond donors (Lipinski definition) is 0. The molecule has 0 aliphatic carbocycles. The lowest BCUT2D eigenvalue weighted by Gasteiger charge is -2.54. The molecule has 0 N–H and O–H groups in total. The van der Waals surface area contributed by atoms with Gasteiger partial charge in [-0.15, -0.1) is 10.2 Å². The van der Waals surface area contributed by atoms with Gasteiger partial charge in [-0.3, -0.25) is 9.59 Å². The van der Waals surface area contributed by atoms with Crippen molar-refractivity contribution in [1.82, 2.24) is 44.5 Å². The second-order valence-corrected chi connectivity index (χ2v) is 13.9. The summed E-state index contributed by atoms with van der Waals surface area (Å²) in [6, 6.07) is 5.70. The molecule has 7 rings (SSSR count). The quantitative estimate of drug-likeness (QED) is 0.256. The lowest BCUT2D eigenvalue weighted by molar-refractivity contribution is 0.0511. The number of likely N-dealkylation sites (tertiary alicyclic amines) is 2. The molecule has 2 amide bonds. The van der Waals surface area contributed by atoms with Gasteiger partial charge in [-0.2, -0.15) is 5.10 Å². The van der Waals surface area contributed by atoms with Gasteiger partial charge >= 0.3 is 0 Å². The van der Waals surface area contributed by atoms with E-state index in [0.29, 0.717) is 29.5 Å². The number of benzene rings is 1. The van der Waals surface area contributed by atoms with Crippen LogP contribution < -0.4 is 9.64 Å². The smallest absolute Gasteiger partial charge is 0.282 e. The Morgan fingerprint density at radius 3 is 2.59 bits per heavy atom. The summed E-state index contributed by atoms with van der Waals surface area (Å²) in [6.07, 6.45) is 10.7. The molecule has 1 aromatic carbocycles. The molecule has 0 radical (unpaired) electrons. The highest BCUT2D eigenvalue weighted by Gasteiger charge is 2.46. The van der Waals surface area contributed by atoms with E-state index in [1.807, 2.05) is 25.7 Å². The Labute approximate surface area is 285 Å². The van der Waals surface area contributed by atoms with Crippen molar-refractivity contribution in [2.75, 3.05) is 57.3 Å². The number of carbonyl (C=O) groups is 2. The summed E-state index contributed by atoms with van der Waals surface area (Å²) < 4.78 is 22.1. The lowest BCUT2D eigenvalue weighted by Crippen LogP contribution is -2.61. The highest BCUT2D eigenvalue weighted by Crippen LogP contribution is 2.44. The van der Waals surface area contributed by atoms with Crippen LogP contribution in [-0.4, -0.2) is 115 Å². The molecule has 0 unspecified atom stereocenters. The van der Waals surface area contributed by atoms with E-state index in [0.717, 1.165) is 71.5 Å². The van der Waals surface area contributed by atoms with Gasteiger partial charge in [-0.05, 0) is 89.7 Å². The van der Waals surface area contributed by atoms with Gasteiger partial charge in [-0.25, -0.2) is 18.9 Å². The molecule has 14 heteroatoms. The summed E-state index contributed by atoms with van der Waals surface area (Å²) in [5.41, 5.74) is 1.50. The normalized spacial score (nSPS) is 18.2. The van der Waals surface area contributed by atoms with Crippen molar-refractivity contribution in [2.45, 2.75) is 52.5 Å². The van der Waals surface area contributed by atoms with E-state index in [1.165, 1.54) is 24.5 Å². The number of anilines is 1. The largest absolute Gasteiger partial charge is 0.434 e. The molecule has 0 atom stereocenters. The molecule has 49 heavy (non-hydrogen) atoms. The van der Waals surface area contributed by atoms with Crippen molar-refractivity contribution < 1.29 is 18.7 Å². The van der Waals surface area contributed by atoms with Crippen molar-refractivity contribution in [3.05, 3.63) is 66.1 Å². The summed E-state index contributed by atoms with van der Waals surface area (Å²) >= 11 is 0. The van der Waals surface area contributed by atoms with Crippen LogP contribution in [0.15, 0.2) is 49.2 Å². The predicted molar refractivity (Wildman–Crippen MR) is 180 cm³/mol. The maximum Gasteiger partial charge on any atom is 0.282 e. The zero-order chi connectivity index (χ0) is 34.1. The van der Waals surface area contributed by atoms with E-state index < -0.39 is 5.82 Å². The molecule has 258 valence electrons. The molecule has 13 nitrogen and oxygen atoms in total. The van der Waals surface area contributed by atoms with E-state index in [1.54, 1.807) is 34.1 Å². The Balaban J connectivity index is 0.917. The van der Waals surface area contributed by atoms with Gasteiger partial charge < -0.3 is 24.3 Å².